The molecule has 0 aromatic carbocycles. The van der Waals surface area contributed by atoms with Gasteiger partial charge in [0, 0.05) is 17.8 Å². The summed E-state index contributed by atoms with van der Waals surface area (Å²) in [5.41, 5.74) is 1.19. The molecule has 1 heterocycles. The van der Waals surface area contributed by atoms with E-state index >= 15 is 0 Å². The highest BCUT2D eigenvalue weighted by molar-refractivity contribution is 9.10. The molecule has 2 nitrogen and oxygen atoms in total. The number of nitrogens with zero attached hydrogens (tertiary/aromatic N) is 2. The number of hydrogen-bond donors (Lipinski definition) is 0. The fourth-order valence-electron chi connectivity index (χ4n) is 1.28. The average Bonchev–Trinajstić information content (AvgIpc) is 1.83. The third-order valence-corrected chi connectivity index (χ3v) is 2.55. The van der Waals surface area contributed by atoms with E-state index < -0.39 is 0 Å². The SMILES string of the molecule is Brc1nccc(C2CCC2)n1. The van der Waals surface area contributed by atoms with Crippen molar-refractivity contribution in [3.63, 3.8) is 0 Å². The zero-order chi connectivity index (χ0) is 7.68. The van der Waals surface area contributed by atoms with Gasteiger partial charge >= 0.3 is 0 Å². The van der Waals surface area contributed by atoms with Gasteiger partial charge in [0.15, 0.2) is 4.73 Å². The summed E-state index contributed by atoms with van der Waals surface area (Å²) in [4.78, 5) is 8.29. The van der Waals surface area contributed by atoms with Crippen molar-refractivity contribution < 1.29 is 0 Å². The van der Waals surface area contributed by atoms with Crippen LogP contribution in [0, 0.1) is 0 Å². The van der Waals surface area contributed by atoms with Crippen molar-refractivity contribution in [3.05, 3.63) is 22.7 Å². The van der Waals surface area contributed by atoms with Gasteiger partial charge in [0.05, 0.1) is 0 Å². The van der Waals surface area contributed by atoms with Crippen LogP contribution in [0.25, 0.3) is 0 Å². The molecule has 0 saturated heterocycles. The van der Waals surface area contributed by atoms with E-state index in [2.05, 4.69) is 25.9 Å². The molecule has 58 valence electrons. The topological polar surface area (TPSA) is 25.8 Å². The lowest BCUT2D eigenvalue weighted by Gasteiger charge is -2.24. The minimum absolute atomic E-state index is 0.703. The number of rotatable bonds is 1. The molecule has 0 atom stereocenters. The minimum Gasteiger partial charge on any atom is -0.231 e. The van der Waals surface area contributed by atoms with Crippen LogP contribution < -0.4 is 0 Å². The highest BCUT2D eigenvalue weighted by atomic mass is 79.9. The first-order chi connectivity index (χ1) is 5.36. The number of aromatic nitrogens is 2. The van der Waals surface area contributed by atoms with Crippen LogP contribution in [-0.4, -0.2) is 9.97 Å². The summed E-state index contributed by atoms with van der Waals surface area (Å²) >= 11 is 3.26. The second kappa shape index (κ2) is 2.89. The summed E-state index contributed by atoms with van der Waals surface area (Å²) in [7, 11) is 0. The second-order valence-electron chi connectivity index (χ2n) is 2.88. The van der Waals surface area contributed by atoms with E-state index in [1.54, 1.807) is 0 Å². The molecule has 11 heavy (non-hydrogen) atoms. The Morgan fingerprint density at radius 2 is 2.27 bits per heavy atom. The van der Waals surface area contributed by atoms with Crippen molar-refractivity contribution in [3.8, 4) is 0 Å². The lowest BCUT2D eigenvalue weighted by Crippen LogP contribution is -2.10. The van der Waals surface area contributed by atoms with Gasteiger partial charge in [-0.25, -0.2) is 9.97 Å². The molecule has 0 N–H and O–H groups in total. The lowest BCUT2D eigenvalue weighted by molar-refractivity contribution is 0.410. The smallest absolute Gasteiger partial charge is 0.196 e. The minimum atomic E-state index is 0.703. The lowest BCUT2D eigenvalue weighted by atomic mass is 9.83. The molecule has 1 saturated carbocycles. The van der Waals surface area contributed by atoms with Crippen LogP contribution in [0.1, 0.15) is 30.9 Å². The Hall–Kier alpha value is -0.440. The zero-order valence-electron chi connectivity index (χ0n) is 6.13. The van der Waals surface area contributed by atoms with Crippen molar-refractivity contribution in [2.75, 3.05) is 0 Å². The number of halogens is 1. The van der Waals surface area contributed by atoms with E-state index in [0.717, 1.165) is 0 Å². The van der Waals surface area contributed by atoms with Gasteiger partial charge in [-0.05, 0) is 34.8 Å². The maximum absolute atomic E-state index is 4.30. The zero-order valence-corrected chi connectivity index (χ0v) is 7.71. The van der Waals surface area contributed by atoms with E-state index in [9.17, 15) is 0 Å². The highest BCUT2D eigenvalue weighted by Crippen LogP contribution is 2.35. The van der Waals surface area contributed by atoms with Crippen LogP contribution in [0.5, 0.6) is 0 Å². The Balaban J connectivity index is 2.23. The summed E-state index contributed by atoms with van der Waals surface area (Å²) in [5.74, 6) is 0.703. The number of hydrogen-bond acceptors (Lipinski definition) is 2. The van der Waals surface area contributed by atoms with Gasteiger partial charge in [0.25, 0.3) is 0 Å². The summed E-state index contributed by atoms with van der Waals surface area (Å²) in [5, 5.41) is 0. The van der Waals surface area contributed by atoms with E-state index in [1.807, 2.05) is 12.3 Å². The third kappa shape index (κ3) is 1.43. The van der Waals surface area contributed by atoms with Crippen LogP contribution in [0.4, 0.5) is 0 Å². The molecule has 1 aromatic heterocycles. The maximum Gasteiger partial charge on any atom is 0.196 e. The third-order valence-electron chi connectivity index (χ3n) is 2.17. The summed E-state index contributed by atoms with van der Waals surface area (Å²) in [6.45, 7) is 0. The van der Waals surface area contributed by atoms with Crippen molar-refractivity contribution >= 4 is 15.9 Å². The average molecular weight is 213 g/mol. The molecule has 1 fully saturated rings. The Bertz CT molecular complexity index is 258. The van der Waals surface area contributed by atoms with E-state index in [0.29, 0.717) is 10.7 Å². The quantitative estimate of drug-likeness (QED) is 0.669. The van der Waals surface area contributed by atoms with Gasteiger partial charge in [-0.1, -0.05) is 6.42 Å². The van der Waals surface area contributed by atoms with Gasteiger partial charge in [-0.15, -0.1) is 0 Å². The molecule has 0 radical (unpaired) electrons. The predicted molar refractivity (Wildman–Crippen MR) is 46.3 cm³/mol. The Kier molecular flexibility index (Phi) is 1.90. The van der Waals surface area contributed by atoms with E-state index in [4.69, 9.17) is 0 Å². The van der Waals surface area contributed by atoms with Crippen LogP contribution in [-0.2, 0) is 0 Å². The Morgan fingerprint density at radius 1 is 1.45 bits per heavy atom. The van der Waals surface area contributed by atoms with Crippen molar-refractivity contribution in [2.24, 2.45) is 0 Å². The van der Waals surface area contributed by atoms with Crippen molar-refractivity contribution in [1.82, 2.24) is 9.97 Å². The molecule has 1 aliphatic carbocycles. The monoisotopic (exact) mass is 212 g/mol. The highest BCUT2D eigenvalue weighted by Gasteiger charge is 2.20. The molecule has 2 rings (SSSR count). The Labute approximate surface area is 74.2 Å². The van der Waals surface area contributed by atoms with Crippen molar-refractivity contribution in [1.29, 1.82) is 0 Å². The van der Waals surface area contributed by atoms with E-state index in [1.165, 1.54) is 25.0 Å². The summed E-state index contributed by atoms with van der Waals surface area (Å²) < 4.78 is 0.710. The molecule has 0 unspecified atom stereocenters. The van der Waals surface area contributed by atoms with Crippen LogP contribution >= 0.6 is 15.9 Å². The van der Waals surface area contributed by atoms with Gasteiger partial charge in [-0.3, -0.25) is 0 Å². The summed E-state index contributed by atoms with van der Waals surface area (Å²) in [6, 6.07) is 2.01. The van der Waals surface area contributed by atoms with Crippen LogP contribution in [0.15, 0.2) is 17.0 Å². The van der Waals surface area contributed by atoms with Gasteiger partial charge < -0.3 is 0 Å². The molecular weight excluding hydrogens is 204 g/mol. The Morgan fingerprint density at radius 3 is 2.82 bits per heavy atom. The van der Waals surface area contributed by atoms with Gasteiger partial charge in [0.2, 0.25) is 0 Å². The van der Waals surface area contributed by atoms with Crippen molar-refractivity contribution in [2.45, 2.75) is 25.2 Å². The molecule has 0 spiro atoms. The first kappa shape index (κ1) is 7.22. The van der Waals surface area contributed by atoms with Crippen LogP contribution in [0.3, 0.4) is 0 Å². The van der Waals surface area contributed by atoms with E-state index in [-0.39, 0.29) is 0 Å². The molecule has 1 aromatic rings. The molecular formula is C8H9BrN2. The first-order valence-electron chi connectivity index (χ1n) is 3.85. The van der Waals surface area contributed by atoms with Gasteiger partial charge in [0.1, 0.15) is 0 Å². The molecule has 0 aliphatic heterocycles. The fourth-order valence-corrected chi connectivity index (χ4v) is 1.60. The fraction of sp³-hybridized carbons (Fsp3) is 0.500. The standard InChI is InChI=1S/C8H9BrN2/c9-8-10-5-4-7(11-8)6-2-1-3-6/h4-6H,1-3H2. The van der Waals surface area contributed by atoms with Crippen LogP contribution in [0.2, 0.25) is 0 Å². The molecule has 1 aliphatic rings. The normalized spacial score (nSPS) is 17.9. The largest absolute Gasteiger partial charge is 0.231 e. The molecule has 0 amide bonds. The van der Waals surface area contributed by atoms with Gasteiger partial charge in [-0.2, -0.15) is 0 Å². The predicted octanol–water partition coefficient (Wildman–Crippen LogP) is 2.51. The summed E-state index contributed by atoms with van der Waals surface area (Å²) in [6.07, 6.45) is 5.75. The maximum atomic E-state index is 4.30. The first-order valence-corrected chi connectivity index (χ1v) is 4.64. The molecule has 0 bridgehead atoms. The molecule has 3 heteroatoms. The second-order valence-corrected chi connectivity index (χ2v) is 3.59.